The summed E-state index contributed by atoms with van der Waals surface area (Å²) in [5.74, 6) is 2.45. The van der Waals surface area contributed by atoms with Gasteiger partial charge in [0, 0.05) is 38.6 Å². The van der Waals surface area contributed by atoms with E-state index in [1.54, 1.807) is 7.11 Å². The molecule has 0 bridgehead atoms. The van der Waals surface area contributed by atoms with Gasteiger partial charge in [0.2, 0.25) is 5.91 Å². The van der Waals surface area contributed by atoms with Crippen molar-refractivity contribution in [3.8, 4) is 11.5 Å². The number of ether oxygens (including phenoxy) is 3. The molecule has 2 N–H and O–H groups in total. The smallest absolute Gasteiger partial charge is 0.225 e. The lowest BCUT2D eigenvalue weighted by Crippen LogP contribution is -2.50. The average molecular weight is 576 g/mol. The molecule has 1 amide bonds. The number of hydrogen-bond acceptors (Lipinski definition) is 6. The van der Waals surface area contributed by atoms with Gasteiger partial charge in [0.1, 0.15) is 6.61 Å². The summed E-state index contributed by atoms with van der Waals surface area (Å²) in [5.41, 5.74) is 1.01. The van der Waals surface area contributed by atoms with Crippen molar-refractivity contribution >= 4 is 35.8 Å². The first-order chi connectivity index (χ1) is 15.7. The Morgan fingerprint density at radius 1 is 1.18 bits per heavy atom. The van der Waals surface area contributed by atoms with E-state index in [2.05, 4.69) is 17.1 Å². The van der Waals surface area contributed by atoms with E-state index < -0.39 is 0 Å². The molecule has 0 radical (unpaired) electrons. The molecular weight excluding hydrogens is 539 g/mol. The second-order valence-corrected chi connectivity index (χ2v) is 7.93. The quantitative estimate of drug-likeness (QED) is 0.277. The van der Waals surface area contributed by atoms with Crippen LogP contribution in [0.4, 0.5) is 0 Å². The van der Waals surface area contributed by atoms with Crippen molar-refractivity contribution in [2.75, 3.05) is 66.3 Å². The summed E-state index contributed by atoms with van der Waals surface area (Å²) in [6, 6.07) is 5.71. The molecule has 2 aliphatic heterocycles. The number of carbonyl (C=O) groups excluding carboxylic acids is 1. The predicted molar refractivity (Wildman–Crippen MR) is 138 cm³/mol. The van der Waals surface area contributed by atoms with Gasteiger partial charge >= 0.3 is 0 Å². The summed E-state index contributed by atoms with van der Waals surface area (Å²) >= 11 is 0. The summed E-state index contributed by atoms with van der Waals surface area (Å²) in [5, 5.41) is 12.3. The van der Waals surface area contributed by atoms with Crippen LogP contribution in [0.3, 0.4) is 0 Å². The Labute approximate surface area is 213 Å². The van der Waals surface area contributed by atoms with Crippen LogP contribution >= 0.6 is 24.0 Å². The second-order valence-electron chi connectivity index (χ2n) is 7.93. The summed E-state index contributed by atoms with van der Waals surface area (Å²) in [6.07, 6.45) is 1.68. The molecule has 186 valence electrons. The van der Waals surface area contributed by atoms with Gasteiger partial charge in [0.25, 0.3) is 0 Å². The number of rotatable bonds is 8. The number of guanidine groups is 1. The summed E-state index contributed by atoms with van der Waals surface area (Å²) in [4.78, 5) is 21.8. The maximum Gasteiger partial charge on any atom is 0.225 e. The van der Waals surface area contributed by atoms with Crippen LogP contribution in [0.5, 0.6) is 11.5 Å². The number of piperidine rings is 1. The molecule has 33 heavy (non-hydrogen) atoms. The monoisotopic (exact) mass is 576 g/mol. The molecule has 0 saturated carbocycles. The standard InChI is InChI=1S/C23H36N4O5.HI/c1-3-24-23(25-17-18-4-5-20(32-15-12-28)21(16-18)30-2)27-8-6-19(7-9-27)22(29)26-10-13-31-14-11-26;/h4-5,16,19,28H,3,6-15,17H2,1-2H3,(H,24,25);1H. The van der Waals surface area contributed by atoms with Gasteiger partial charge in [-0.05, 0) is 37.5 Å². The van der Waals surface area contributed by atoms with E-state index in [0.29, 0.717) is 44.3 Å². The SMILES string of the molecule is CCNC(=NCc1ccc(OCCO)c(OC)c1)N1CCC(C(=O)N2CCOCC2)CC1.I. The molecule has 0 aromatic heterocycles. The Morgan fingerprint density at radius 3 is 2.55 bits per heavy atom. The number of aliphatic imine (C=N–C) groups is 1. The lowest BCUT2D eigenvalue weighted by atomic mass is 9.95. The molecule has 2 saturated heterocycles. The molecule has 0 atom stereocenters. The zero-order valence-corrected chi connectivity index (χ0v) is 22.0. The molecule has 3 rings (SSSR count). The lowest BCUT2D eigenvalue weighted by molar-refractivity contribution is -0.140. The molecule has 10 heteroatoms. The minimum absolute atomic E-state index is 0. The number of likely N-dealkylation sites (tertiary alicyclic amines) is 1. The number of aliphatic hydroxyl groups excluding tert-OH is 1. The fraction of sp³-hybridized carbons (Fsp3) is 0.652. The number of methoxy groups -OCH3 is 1. The first-order valence-corrected chi connectivity index (χ1v) is 11.5. The van der Waals surface area contributed by atoms with Crippen molar-refractivity contribution in [1.82, 2.24) is 15.1 Å². The third-order valence-electron chi connectivity index (χ3n) is 5.79. The second kappa shape index (κ2) is 14.5. The molecule has 0 spiro atoms. The number of nitrogens with zero attached hydrogens (tertiary/aromatic N) is 3. The van der Waals surface area contributed by atoms with Gasteiger partial charge in [-0.2, -0.15) is 0 Å². The van der Waals surface area contributed by atoms with Crippen molar-refractivity contribution in [2.24, 2.45) is 10.9 Å². The number of nitrogens with one attached hydrogen (secondary N) is 1. The molecule has 2 aliphatic rings. The maximum absolute atomic E-state index is 12.8. The van der Waals surface area contributed by atoms with E-state index in [4.69, 9.17) is 24.3 Å². The van der Waals surface area contributed by atoms with Crippen molar-refractivity contribution < 1.29 is 24.1 Å². The Balaban J connectivity index is 0.00000385. The maximum atomic E-state index is 12.8. The van der Waals surface area contributed by atoms with Gasteiger partial charge in [-0.15, -0.1) is 24.0 Å². The fourth-order valence-electron chi connectivity index (χ4n) is 4.06. The number of benzene rings is 1. The van der Waals surface area contributed by atoms with Crippen LogP contribution in [0.25, 0.3) is 0 Å². The van der Waals surface area contributed by atoms with Crippen LogP contribution in [0.1, 0.15) is 25.3 Å². The zero-order chi connectivity index (χ0) is 22.8. The number of hydrogen-bond donors (Lipinski definition) is 2. The number of amides is 1. The molecule has 9 nitrogen and oxygen atoms in total. The summed E-state index contributed by atoms with van der Waals surface area (Å²) in [7, 11) is 1.60. The van der Waals surface area contributed by atoms with E-state index in [1.165, 1.54) is 0 Å². The van der Waals surface area contributed by atoms with Gasteiger partial charge in [-0.3, -0.25) is 4.79 Å². The van der Waals surface area contributed by atoms with E-state index in [1.807, 2.05) is 23.1 Å². The summed E-state index contributed by atoms with van der Waals surface area (Å²) in [6.45, 7) is 7.83. The molecule has 1 aromatic carbocycles. The van der Waals surface area contributed by atoms with Gasteiger partial charge in [0.05, 0.1) is 33.5 Å². The first-order valence-electron chi connectivity index (χ1n) is 11.5. The minimum Gasteiger partial charge on any atom is -0.493 e. The van der Waals surface area contributed by atoms with Crippen LogP contribution in [0.2, 0.25) is 0 Å². The number of halogens is 1. The Bertz CT molecular complexity index is 765. The largest absolute Gasteiger partial charge is 0.493 e. The highest BCUT2D eigenvalue weighted by Crippen LogP contribution is 2.28. The van der Waals surface area contributed by atoms with Gasteiger partial charge in [0.15, 0.2) is 17.5 Å². The van der Waals surface area contributed by atoms with Crippen molar-refractivity contribution in [3.05, 3.63) is 23.8 Å². The number of morpholine rings is 1. The molecule has 0 unspecified atom stereocenters. The summed E-state index contributed by atoms with van der Waals surface area (Å²) < 4.78 is 16.3. The highest BCUT2D eigenvalue weighted by atomic mass is 127. The topological polar surface area (TPSA) is 95.9 Å². The predicted octanol–water partition coefficient (Wildman–Crippen LogP) is 1.72. The molecule has 0 aliphatic carbocycles. The highest BCUT2D eigenvalue weighted by Gasteiger charge is 2.30. The lowest BCUT2D eigenvalue weighted by Gasteiger charge is -2.36. The van der Waals surface area contributed by atoms with Gasteiger partial charge in [-0.1, -0.05) is 6.07 Å². The third-order valence-corrected chi connectivity index (χ3v) is 5.79. The molecule has 2 heterocycles. The van der Waals surface area contributed by atoms with Gasteiger partial charge < -0.3 is 34.4 Å². The van der Waals surface area contributed by atoms with E-state index in [0.717, 1.165) is 44.0 Å². The van der Waals surface area contributed by atoms with Crippen LogP contribution < -0.4 is 14.8 Å². The number of aliphatic hydroxyl groups is 1. The van der Waals surface area contributed by atoms with Crippen molar-refractivity contribution in [1.29, 1.82) is 0 Å². The van der Waals surface area contributed by atoms with E-state index in [-0.39, 0.29) is 49.0 Å². The van der Waals surface area contributed by atoms with E-state index >= 15 is 0 Å². The molecule has 2 fully saturated rings. The average Bonchev–Trinajstić information content (AvgIpc) is 2.85. The Morgan fingerprint density at radius 2 is 1.91 bits per heavy atom. The third kappa shape index (κ3) is 7.89. The Hall–Kier alpha value is -1.79. The molecular formula is C23H37IN4O5. The van der Waals surface area contributed by atoms with E-state index in [9.17, 15) is 4.79 Å². The minimum atomic E-state index is -0.0457. The Kier molecular flexibility index (Phi) is 12.0. The van der Waals surface area contributed by atoms with Gasteiger partial charge in [-0.25, -0.2) is 4.99 Å². The van der Waals surface area contributed by atoms with Crippen LogP contribution in [-0.4, -0.2) is 93.0 Å². The first kappa shape index (κ1) is 27.5. The fourth-order valence-corrected chi connectivity index (χ4v) is 4.06. The van der Waals surface area contributed by atoms with Crippen LogP contribution in [-0.2, 0) is 16.1 Å². The number of carbonyl (C=O) groups is 1. The zero-order valence-electron chi connectivity index (χ0n) is 19.6. The van der Waals surface area contributed by atoms with Crippen molar-refractivity contribution in [3.63, 3.8) is 0 Å². The molecule has 1 aromatic rings. The van der Waals surface area contributed by atoms with Crippen LogP contribution in [0.15, 0.2) is 23.2 Å². The van der Waals surface area contributed by atoms with Crippen LogP contribution in [0, 0.1) is 5.92 Å². The highest BCUT2D eigenvalue weighted by molar-refractivity contribution is 14.0. The van der Waals surface area contributed by atoms with Crippen molar-refractivity contribution in [2.45, 2.75) is 26.3 Å². The normalized spacial score (nSPS) is 17.4.